The highest BCUT2D eigenvalue weighted by molar-refractivity contribution is 5.94. The minimum Gasteiger partial charge on any atom is -0.497 e. The molecule has 10 nitrogen and oxygen atoms in total. The van der Waals surface area contributed by atoms with Gasteiger partial charge in [-0.1, -0.05) is 0 Å². The minimum absolute atomic E-state index is 0.0523. The number of nitrogens with zero attached hydrogens (tertiary/aromatic N) is 7. The number of carbonyl (C=O) groups excluding carboxylic acids is 1. The van der Waals surface area contributed by atoms with Crippen molar-refractivity contribution in [1.82, 2.24) is 29.2 Å². The zero-order chi connectivity index (χ0) is 24.4. The second-order valence-corrected chi connectivity index (χ2v) is 8.21. The van der Waals surface area contributed by atoms with Gasteiger partial charge < -0.3 is 23.8 Å². The number of piperazine rings is 1. The SMILES string of the molecule is COc1ccc(OC)c(-c2cc(C(=O)N3CCN(c4cc(-n5cccc5)ncn4)CC3)n(C)n2)c1. The molecule has 4 heterocycles. The fourth-order valence-corrected chi connectivity index (χ4v) is 4.25. The molecular weight excluding hydrogens is 446 g/mol. The predicted molar refractivity (Wildman–Crippen MR) is 131 cm³/mol. The number of methoxy groups -OCH3 is 2. The Kier molecular flexibility index (Phi) is 6.09. The van der Waals surface area contributed by atoms with Gasteiger partial charge in [0.25, 0.3) is 5.91 Å². The molecule has 0 unspecified atom stereocenters. The maximum atomic E-state index is 13.4. The molecule has 1 aromatic carbocycles. The second kappa shape index (κ2) is 9.49. The van der Waals surface area contributed by atoms with Crippen LogP contribution in [0.4, 0.5) is 5.82 Å². The summed E-state index contributed by atoms with van der Waals surface area (Å²) in [6, 6.07) is 13.2. The molecule has 4 aromatic rings. The van der Waals surface area contributed by atoms with Crippen molar-refractivity contribution >= 4 is 11.7 Å². The molecule has 0 aliphatic carbocycles. The number of aryl methyl sites for hydroxylation is 1. The van der Waals surface area contributed by atoms with Crippen LogP contribution < -0.4 is 14.4 Å². The normalized spacial score (nSPS) is 13.7. The third kappa shape index (κ3) is 4.42. The summed E-state index contributed by atoms with van der Waals surface area (Å²) in [5.41, 5.74) is 1.95. The highest BCUT2D eigenvalue weighted by Gasteiger charge is 2.26. The summed E-state index contributed by atoms with van der Waals surface area (Å²) in [6.45, 7) is 2.54. The number of anilines is 1. The second-order valence-electron chi connectivity index (χ2n) is 8.21. The summed E-state index contributed by atoms with van der Waals surface area (Å²) in [4.78, 5) is 26.2. The number of hydrogen-bond donors (Lipinski definition) is 0. The largest absolute Gasteiger partial charge is 0.497 e. The van der Waals surface area contributed by atoms with E-state index < -0.39 is 0 Å². The summed E-state index contributed by atoms with van der Waals surface area (Å²) in [5, 5.41) is 4.58. The molecule has 0 spiro atoms. The van der Waals surface area contributed by atoms with Crippen molar-refractivity contribution in [1.29, 1.82) is 0 Å². The van der Waals surface area contributed by atoms with Gasteiger partial charge in [0, 0.05) is 57.3 Å². The maximum Gasteiger partial charge on any atom is 0.272 e. The van der Waals surface area contributed by atoms with E-state index in [9.17, 15) is 4.79 Å². The molecule has 1 aliphatic rings. The Morgan fingerprint density at radius 1 is 0.914 bits per heavy atom. The van der Waals surface area contributed by atoms with E-state index in [0.717, 1.165) is 17.2 Å². The molecule has 0 saturated carbocycles. The van der Waals surface area contributed by atoms with Crippen LogP contribution in [0.1, 0.15) is 10.5 Å². The number of carbonyl (C=O) groups is 1. The lowest BCUT2D eigenvalue weighted by Crippen LogP contribution is -2.49. The average Bonchev–Trinajstić information content (AvgIpc) is 3.58. The molecule has 1 amide bonds. The zero-order valence-corrected chi connectivity index (χ0v) is 20.0. The molecule has 0 bridgehead atoms. The van der Waals surface area contributed by atoms with E-state index in [4.69, 9.17) is 9.47 Å². The van der Waals surface area contributed by atoms with Crippen molar-refractivity contribution in [3.05, 3.63) is 66.9 Å². The van der Waals surface area contributed by atoms with Crippen LogP contribution in [-0.4, -0.2) is 75.5 Å². The van der Waals surface area contributed by atoms with E-state index in [2.05, 4.69) is 20.0 Å². The maximum absolute atomic E-state index is 13.4. The van der Waals surface area contributed by atoms with Gasteiger partial charge in [0.15, 0.2) is 0 Å². The van der Waals surface area contributed by atoms with Crippen LogP contribution in [0.15, 0.2) is 61.2 Å². The molecule has 1 aliphatic heterocycles. The van der Waals surface area contributed by atoms with Crippen LogP contribution in [0, 0.1) is 0 Å². The molecule has 0 radical (unpaired) electrons. The Hall–Kier alpha value is -4.34. The monoisotopic (exact) mass is 473 g/mol. The Balaban J connectivity index is 1.30. The summed E-state index contributed by atoms with van der Waals surface area (Å²) >= 11 is 0. The first-order valence-electron chi connectivity index (χ1n) is 11.3. The van der Waals surface area contributed by atoms with Crippen LogP contribution in [0.3, 0.4) is 0 Å². The molecule has 0 atom stereocenters. The lowest BCUT2D eigenvalue weighted by molar-refractivity contribution is 0.0735. The number of amides is 1. The Labute approximate surface area is 203 Å². The summed E-state index contributed by atoms with van der Waals surface area (Å²) < 4.78 is 14.4. The van der Waals surface area contributed by atoms with Crippen LogP contribution in [-0.2, 0) is 7.05 Å². The van der Waals surface area contributed by atoms with Gasteiger partial charge in [-0.15, -0.1) is 0 Å². The zero-order valence-electron chi connectivity index (χ0n) is 20.0. The van der Waals surface area contributed by atoms with E-state index >= 15 is 0 Å². The van der Waals surface area contributed by atoms with Gasteiger partial charge in [0.2, 0.25) is 0 Å². The number of aromatic nitrogens is 5. The molecule has 5 rings (SSSR count). The smallest absolute Gasteiger partial charge is 0.272 e. The first-order valence-corrected chi connectivity index (χ1v) is 11.3. The van der Waals surface area contributed by atoms with Gasteiger partial charge in [-0.2, -0.15) is 5.10 Å². The third-order valence-corrected chi connectivity index (χ3v) is 6.18. The molecular formula is C25H27N7O3. The summed E-state index contributed by atoms with van der Waals surface area (Å²) in [7, 11) is 5.00. The van der Waals surface area contributed by atoms with E-state index in [1.54, 1.807) is 38.3 Å². The first-order chi connectivity index (χ1) is 17.1. The topological polar surface area (TPSA) is 90.5 Å². The molecule has 35 heavy (non-hydrogen) atoms. The predicted octanol–water partition coefficient (Wildman–Crippen LogP) is 2.65. The molecule has 10 heteroatoms. The summed E-state index contributed by atoms with van der Waals surface area (Å²) in [6.07, 6.45) is 5.48. The van der Waals surface area contributed by atoms with Crippen molar-refractivity contribution in [2.24, 2.45) is 7.05 Å². The third-order valence-electron chi connectivity index (χ3n) is 6.18. The quantitative estimate of drug-likeness (QED) is 0.425. The van der Waals surface area contributed by atoms with E-state index in [1.165, 1.54) is 0 Å². The van der Waals surface area contributed by atoms with Crippen LogP contribution in [0.2, 0.25) is 0 Å². The first kappa shape index (κ1) is 22.5. The number of hydrogen-bond acceptors (Lipinski definition) is 7. The van der Waals surface area contributed by atoms with Crippen molar-refractivity contribution in [2.75, 3.05) is 45.3 Å². The van der Waals surface area contributed by atoms with Gasteiger partial charge >= 0.3 is 0 Å². The highest BCUT2D eigenvalue weighted by atomic mass is 16.5. The fraction of sp³-hybridized carbons (Fsp3) is 0.280. The Bertz CT molecular complexity index is 1320. The number of rotatable bonds is 6. The minimum atomic E-state index is -0.0523. The van der Waals surface area contributed by atoms with Gasteiger partial charge in [-0.05, 0) is 36.4 Å². The highest BCUT2D eigenvalue weighted by Crippen LogP contribution is 2.33. The average molecular weight is 474 g/mol. The fourth-order valence-electron chi connectivity index (χ4n) is 4.25. The molecule has 180 valence electrons. The van der Waals surface area contributed by atoms with Crippen molar-refractivity contribution in [3.8, 4) is 28.6 Å². The van der Waals surface area contributed by atoms with Crippen molar-refractivity contribution in [3.63, 3.8) is 0 Å². The van der Waals surface area contributed by atoms with Crippen LogP contribution >= 0.6 is 0 Å². The Morgan fingerprint density at radius 3 is 2.37 bits per heavy atom. The number of ether oxygens (including phenoxy) is 2. The van der Waals surface area contributed by atoms with Gasteiger partial charge in [-0.3, -0.25) is 9.48 Å². The molecule has 1 saturated heterocycles. The lowest BCUT2D eigenvalue weighted by Gasteiger charge is -2.35. The summed E-state index contributed by atoms with van der Waals surface area (Å²) in [5.74, 6) is 2.97. The standard InChI is InChI=1S/C25H27N7O3/c1-29-21(15-20(28-29)19-14-18(34-2)6-7-22(19)35-3)25(33)32-12-10-31(11-13-32)24-16-23(26-17-27-24)30-8-4-5-9-30/h4-9,14-17H,10-13H2,1-3H3. The molecule has 3 aromatic heterocycles. The van der Waals surface area contributed by atoms with Gasteiger partial charge in [0.05, 0.1) is 19.9 Å². The van der Waals surface area contributed by atoms with Crippen LogP contribution in [0.5, 0.6) is 11.5 Å². The molecule has 0 N–H and O–H groups in total. The van der Waals surface area contributed by atoms with Crippen molar-refractivity contribution < 1.29 is 14.3 Å². The van der Waals surface area contributed by atoms with Gasteiger partial charge in [-0.25, -0.2) is 9.97 Å². The van der Waals surface area contributed by atoms with E-state index in [-0.39, 0.29) is 5.91 Å². The lowest BCUT2D eigenvalue weighted by atomic mass is 10.1. The number of benzene rings is 1. The molecule has 1 fully saturated rings. The van der Waals surface area contributed by atoms with Crippen molar-refractivity contribution in [2.45, 2.75) is 0 Å². The Morgan fingerprint density at radius 2 is 1.66 bits per heavy atom. The van der Waals surface area contributed by atoms with E-state index in [1.807, 2.05) is 58.3 Å². The van der Waals surface area contributed by atoms with Crippen LogP contribution in [0.25, 0.3) is 17.1 Å². The van der Waals surface area contributed by atoms with Gasteiger partial charge in [0.1, 0.15) is 35.2 Å². The van der Waals surface area contributed by atoms with E-state index in [0.29, 0.717) is 49.1 Å².